The molecule has 6 heteroatoms. The molecular formula is C17H18BrF2NO2. The highest BCUT2D eigenvalue weighted by molar-refractivity contribution is 9.10. The zero-order valence-corrected chi connectivity index (χ0v) is 14.2. The second kappa shape index (κ2) is 8.38. The number of ether oxygens (including phenoxy) is 1. The molecule has 0 aliphatic rings. The molecule has 2 rings (SSSR count). The first kappa shape index (κ1) is 17.8. The van der Waals surface area contributed by atoms with Gasteiger partial charge in [0.15, 0.2) is 17.4 Å². The first-order valence-electron chi connectivity index (χ1n) is 7.21. The van der Waals surface area contributed by atoms with Gasteiger partial charge in [-0.25, -0.2) is 8.78 Å². The lowest BCUT2D eigenvalue weighted by atomic mass is 10.1. The van der Waals surface area contributed by atoms with Crippen molar-refractivity contribution in [1.29, 1.82) is 0 Å². The minimum Gasteiger partial charge on any atom is -0.485 e. The molecule has 0 saturated heterocycles. The van der Waals surface area contributed by atoms with Crippen LogP contribution >= 0.6 is 15.9 Å². The number of hydrogen-bond acceptors (Lipinski definition) is 3. The minimum absolute atomic E-state index is 0.0482. The molecule has 0 radical (unpaired) electrons. The maximum atomic E-state index is 13.6. The average Bonchev–Trinajstić information content (AvgIpc) is 2.52. The molecular weight excluding hydrogens is 368 g/mol. The lowest BCUT2D eigenvalue weighted by Crippen LogP contribution is -2.33. The van der Waals surface area contributed by atoms with Gasteiger partial charge in [0.1, 0.15) is 12.7 Å². The largest absolute Gasteiger partial charge is 0.485 e. The number of aliphatic hydroxyl groups is 1. The van der Waals surface area contributed by atoms with Crippen LogP contribution in [0.5, 0.6) is 5.75 Å². The SMILES string of the molecule is CC(NCC(O)COc1c(F)cc(Br)cc1F)c1ccccc1. The van der Waals surface area contributed by atoms with Crippen molar-refractivity contribution < 1.29 is 18.6 Å². The van der Waals surface area contributed by atoms with Gasteiger partial charge in [-0.3, -0.25) is 0 Å². The van der Waals surface area contributed by atoms with Crippen molar-refractivity contribution in [3.63, 3.8) is 0 Å². The number of benzene rings is 2. The van der Waals surface area contributed by atoms with Crippen LogP contribution in [0.4, 0.5) is 8.78 Å². The van der Waals surface area contributed by atoms with Gasteiger partial charge in [-0.2, -0.15) is 0 Å². The molecule has 0 heterocycles. The van der Waals surface area contributed by atoms with Crippen LogP contribution in [-0.2, 0) is 0 Å². The molecule has 0 amide bonds. The highest BCUT2D eigenvalue weighted by Crippen LogP contribution is 2.25. The molecule has 0 saturated carbocycles. The Hall–Kier alpha value is -1.50. The van der Waals surface area contributed by atoms with E-state index in [0.717, 1.165) is 17.7 Å². The van der Waals surface area contributed by atoms with Gasteiger partial charge in [-0.1, -0.05) is 46.3 Å². The number of aliphatic hydroxyl groups excluding tert-OH is 1. The maximum Gasteiger partial charge on any atom is 0.190 e. The molecule has 2 N–H and O–H groups in total. The summed E-state index contributed by atoms with van der Waals surface area (Å²) in [4.78, 5) is 0. The van der Waals surface area contributed by atoms with Crippen LogP contribution in [0.25, 0.3) is 0 Å². The van der Waals surface area contributed by atoms with Crippen molar-refractivity contribution in [3.05, 3.63) is 64.1 Å². The van der Waals surface area contributed by atoms with E-state index < -0.39 is 23.5 Å². The standard InChI is InChI=1S/C17H18BrF2NO2/c1-11(12-5-3-2-4-6-12)21-9-14(22)10-23-17-15(19)7-13(18)8-16(17)20/h2-8,11,14,21-22H,9-10H2,1H3. The summed E-state index contributed by atoms with van der Waals surface area (Å²) in [6.45, 7) is 2.01. The predicted molar refractivity (Wildman–Crippen MR) is 88.4 cm³/mol. The summed E-state index contributed by atoms with van der Waals surface area (Å²) in [7, 11) is 0. The van der Waals surface area contributed by atoms with Crippen molar-refractivity contribution in [2.75, 3.05) is 13.2 Å². The molecule has 2 aromatic rings. The smallest absolute Gasteiger partial charge is 0.190 e. The first-order valence-corrected chi connectivity index (χ1v) is 8.00. The van der Waals surface area contributed by atoms with E-state index in [1.165, 1.54) is 0 Å². The fourth-order valence-electron chi connectivity index (χ4n) is 2.08. The normalized spacial score (nSPS) is 13.6. The van der Waals surface area contributed by atoms with Crippen molar-refractivity contribution in [2.24, 2.45) is 0 Å². The summed E-state index contributed by atoms with van der Waals surface area (Å²) in [5.74, 6) is -2.10. The predicted octanol–water partition coefficient (Wildman–Crippen LogP) is 3.82. The quantitative estimate of drug-likeness (QED) is 0.761. The van der Waals surface area contributed by atoms with E-state index in [1.54, 1.807) is 0 Å². The Bertz CT molecular complexity index is 617. The van der Waals surface area contributed by atoms with Crippen LogP contribution in [0.3, 0.4) is 0 Å². The third kappa shape index (κ3) is 5.27. The topological polar surface area (TPSA) is 41.5 Å². The van der Waals surface area contributed by atoms with Gasteiger partial charge in [0, 0.05) is 17.1 Å². The summed E-state index contributed by atoms with van der Waals surface area (Å²) < 4.78 is 32.6. The average molecular weight is 386 g/mol. The van der Waals surface area contributed by atoms with E-state index in [0.29, 0.717) is 4.47 Å². The third-order valence-corrected chi connectivity index (χ3v) is 3.80. The van der Waals surface area contributed by atoms with Gasteiger partial charge in [0.2, 0.25) is 0 Å². The van der Waals surface area contributed by atoms with E-state index in [9.17, 15) is 13.9 Å². The Morgan fingerprint density at radius 1 is 1.17 bits per heavy atom. The van der Waals surface area contributed by atoms with Crippen LogP contribution < -0.4 is 10.1 Å². The Morgan fingerprint density at radius 2 is 1.78 bits per heavy atom. The van der Waals surface area contributed by atoms with Crippen molar-refractivity contribution in [3.8, 4) is 5.75 Å². The van der Waals surface area contributed by atoms with E-state index in [2.05, 4.69) is 21.2 Å². The fourth-order valence-corrected chi connectivity index (χ4v) is 2.48. The second-order valence-electron chi connectivity index (χ2n) is 5.20. The monoisotopic (exact) mass is 385 g/mol. The van der Waals surface area contributed by atoms with Crippen LogP contribution in [0.2, 0.25) is 0 Å². The number of hydrogen-bond donors (Lipinski definition) is 2. The molecule has 0 aliphatic carbocycles. The summed E-state index contributed by atoms with van der Waals surface area (Å²) in [6.07, 6.45) is -0.886. The Morgan fingerprint density at radius 3 is 2.39 bits per heavy atom. The fraction of sp³-hybridized carbons (Fsp3) is 0.294. The lowest BCUT2D eigenvalue weighted by molar-refractivity contribution is 0.0993. The minimum atomic E-state index is -0.886. The van der Waals surface area contributed by atoms with Gasteiger partial charge in [0.25, 0.3) is 0 Å². The maximum absolute atomic E-state index is 13.6. The van der Waals surface area contributed by atoms with Gasteiger partial charge >= 0.3 is 0 Å². The third-order valence-electron chi connectivity index (χ3n) is 3.34. The highest BCUT2D eigenvalue weighted by atomic mass is 79.9. The van der Waals surface area contributed by atoms with Gasteiger partial charge in [-0.15, -0.1) is 0 Å². The molecule has 3 nitrogen and oxygen atoms in total. The molecule has 0 fully saturated rings. The van der Waals surface area contributed by atoms with Crippen LogP contribution in [-0.4, -0.2) is 24.4 Å². The first-order chi connectivity index (χ1) is 11.0. The van der Waals surface area contributed by atoms with Gasteiger partial charge in [0.05, 0.1) is 0 Å². The molecule has 23 heavy (non-hydrogen) atoms. The molecule has 0 aromatic heterocycles. The van der Waals surface area contributed by atoms with Crippen molar-refractivity contribution in [1.82, 2.24) is 5.32 Å². The van der Waals surface area contributed by atoms with E-state index >= 15 is 0 Å². The number of rotatable bonds is 7. The van der Waals surface area contributed by atoms with E-state index in [1.807, 2.05) is 37.3 Å². The van der Waals surface area contributed by atoms with Crippen LogP contribution in [0.1, 0.15) is 18.5 Å². The van der Waals surface area contributed by atoms with Crippen LogP contribution in [0.15, 0.2) is 46.9 Å². The Balaban J connectivity index is 1.83. The van der Waals surface area contributed by atoms with Crippen molar-refractivity contribution >= 4 is 15.9 Å². The molecule has 2 atom stereocenters. The Kier molecular flexibility index (Phi) is 6.50. The highest BCUT2D eigenvalue weighted by Gasteiger charge is 2.15. The summed E-state index contributed by atoms with van der Waals surface area (Å²) >= 11 is 3.00. The molecule has 0 spiro atoms. The number of halogens is 3. The lowest BCUT2D eigenvalue weighted by Gasteiger charge is -2.18. The molecule has 2 unspecified atom stereocenters. The zero-order chi connectivity index (χ0) is 16.8. The van der Waals surface area contributed by atoms with Gasteiger partial charge < -0.3 is 15.2 Å². The van der Waals surface area contributed by atoms with Crippen molar-refractivity contribution in [2.45, 2.75) is 19.1 Å². The van der Waals surface area contributed by atoms with E-state index in [-0.39, 0.29) is 19.2 Å². The molecule has 124 valence electrons. The number of nitrogens with one attached hydrogen (secondary N) is 1. The molecule has 2 aromatic carbocycles. The summed E-state index contributed by atoms with van der Waals surface area (Å²) in [6, 6.07) is 12.0. The zero-order valence-electron chi connectivity index (χ0n) is 12.6. The second-order valence-corrected chi connectivity index (χ2v) is 6.12. The Labute approximate surface area is 142 Å². The van der Waals surface area contributed by atoms with Crippen LogP contribution in [0, 0.1) is 11.6 Å². The molecule has 0 bridgehead atoms. The summed E-state index contributed by atoms with van der Waals surface area (Å²) in [5.41, 5.74) is 1.09. The summed E-state index contributed by atoms with van der Waals surface area (Å²) in [5, 5.41) is 13.0. The van der Waals surface area contributed by atoms with E-state index in [4.69, 9.17) is 4.74 Å². The molecule has 0 aliphatic heterocycles. The van der Waals surface area contributed by atoms with Gasteiger partial charge in [-0.05, 0) is 24.6 Å².